The van der Waals surface area contributed by atoms with Crippen LogP contribution in [0.25, 0.3) is 0 Å². The van der Waals surface area contributed by atoms with Crippen molar-refractivity contribution in [1.82, 2.24) is 10.2 Å². The minimum atomic E-state index is 0.422. The minimum absolute atomic E-state index is 0.422. The first-order valence-corrected chi connectivity index (χ1v) is 9.08. The van der Waals surface area contributed by atoms with Gasteiger partial charge >= 0.3 is 0 Å². The number of anilines is 1. The Kier molecular flexibility index (Phi) is 4.90. The van der Waals surface area contributed by atoms with E-state index < -0.39 is 0 Å². The van der Waals surface area contributed by atoms with Crippen LogP contribution < -0.4 is 4.90 Å². The smallest absolute Gasteiger partial charge is 0.233 e. The van der Waals surface area contributed by atoms with Crippen molar-refractivity contribution >= 4 is 51.0 Å². The van der Waals surface area contributed by atoms with E-state index >= 15 is 0 Å². The summed E-state index contributed by atoms with van der Waals surface area (Å²) in [6.07, 6.45) is 4.02. The molecule has 1 aliphatic heterocycles. The van der Waals surface area contributed by atoms with E-state index in [0.717, 1.165) is 23.8 Å². The second-order valence-electron chi connectivity index (χ2n) is 6.42. The summed E-state index contributed by atoms with van der Waals surface area (Å²) in [4.78, 5) is 6.66. The number of aromatic nitrogens is 2. The molecule has 1 saturated heterocycles. The van der Waals surface area contributed by atoms with Gasteiger partial charge in [-0.25, -0.2) is 4.99 Å². The highest BCUT2D eigenvalue weighted by Crippen LogP contribution is 2.34. The Balaban J connectivity index is 1.70. The number of hydrogen-bond donors (Lipinski definition) is 0. The van der Waals surface area contributed by atoms with E-state index in [0.29, 0.717) is 20.6 Å². The molecule has 0 aliphatic carbocycles. The monoisotopic (exact) mass is 368 g/mol. The number of halogens is 2. The van der Waals surface area contributed by atoms with Crippen LogP contribution in [0.5, 0.6) is 0 Å². The number of benzene rings is 1. The fraction of sp³-hybridized carbons (Fsp3) is 0.438. The first-order valence-electron chi connectivity index (χ1n) is 7.51. The van der Waals surface area contributed by atoms with E-state index in [-0.39, 0.29) is 0 Å². The molecule has 1 aliphatic rings. The van der Waals surface area contributed by atoms with Gasteiger partial charge in [0.2, 0.25) is 10.3 Å². The zero-order valence-corrected chi connectivity index (χ0v) is 15.4. The molecule has 2 heterocycles. The SMILES string of the molecule is CC1(C)CCN(c2nnc(N=Cc3cccc(Cl)c3Cl)s2)CC1. The predicted octanol–water partition coefficient (Wildman–Crippen LogP) is 5.22. The zero-order valence-electron chi connectivity index (χ0n) is 13.1. The fourth-order valence-electron chi connectivity index (χ4n) is 2.44. The van der Waals surface area contributed by atoms with Crippen LogP contribution in [-0.4, -0.2) is 29.5 Å². The zero-order chi connectivity index (χ0) is 16.4. The standard InChI is InChI=1S/C16H18Cl2N4S/c1-16(2)6-8-22(9-7-16)15-21-20-14(23-15)19-10-11-4-3-5-12(17)13(11)18/h3-5,10H,6-9H2,1-2H3. The van der Waals surface area contributed by atoms with Crippen molar-refractivity contribution in [3.8, 4) is 0 Å². The van der Waals surface area contributed by atoms with E-state index in [1.807, 2.05) is 12.1 Å². The van der Waals surface area contributed by atoms with Gasteiger partial charge in [-0.05, 0) is 24.3 Å². The number of piperidine rings is 1. The summed E-state index contributed by atoms with van der Waals surface area (Å²) in [5.41, 5.74) is 1.20. The quantitative estimate of drug-likeness (QED) is 0.697. The molecule has 23 heavy (non-hydrogen) atoms. The van der Waals surface area contributed by atoms with Crippen molar-refractivity contribution in [2.75, 3.05) is 18.0 Å². The van der Waals surface area contributed by atoms with E-state index in [4.69, 9.17) is 23.2 Å². The molecule has 0 amide bonds. The second-order valence-corrected chi connectivity index (χ2v) is 8.14. The van der Waals surface area contributed by atoms with Gasteiger partial charge in [0, 0.05) is 24.9 Å². The molecule has 122 valence electrons. The Bertz CT molecular complexity index is 717. The van der Waals surface area contributed by atoms with E-state index in [1.165, 1.54) is 24.2 Å². The second kappa shape index (κ2) is 6.75. The van der Waals surface area contributed by atoms with Crippen molar-refractivity contribution in [2.24, 2.45) is 10.4 Å². The highest BCUT2D eigenvalue weighted by atomic mass is 35.5. The summed E-state index contributed by atoms with van der Waals surface area (Å²) in [6, 6.07) is 5.46. The molecule has 4 nitrogen and oxygen atoms in total. The van der Waals surface area contributed by atoms with E-state index in [2.05, 4.69) is 33.9 Å². The van der Waals surface area contributed by atoms with Gasteiger partial charge in [-0.3, -0.25) is 0 Å². The number of aliphatic imine (C=N–C) groups is 1. The Morgan fingerprint density at radius 2 is 1.96 bits per heavy atom. The molecule has 0 unspecified atom stereocenters. The third-order valence-electron chi connectivity index (χ3n) is 4.09. The predicted molar refractivity (Wildman–Crippen MR) is 98.9 cm³/mol. The maximum Gasteiger partial charge on any atom is 0.233 e. The lowest BCUT2D eigenvalue weighted by Gasteiger charge is -2.36. The van der Waals surface area contributed by atoms with Gasteiger partial charge in [-0.15, -0.1) is 10.2 Å². The molecule has 0 N–H and O–H groups in total. The largest absolute Gasteiger partial charge is 0.347 e. The first kappa shape index (κ1) is 16.7. The summed E-state index contributed by atoms with van der Waals surface area (Å²) >= 11 is 13.6. The van der Waals surface area contributed by atoms with Crippen molar-refractivity contribution in [3.63, 3.8) is 0 Å². The maximum atomic E-state index is 6.15. The van der Waals surface area contributed by atoms with Crippen LogP contribution in [0.4, 0.5) is 10.3 Å². The lowest BCUT2D eigenvalue weighted by Crippen LogP contribution is -2.37. The molecule has 0 spiro atoms. The van der Waals surface area contributed by atoms with Gasteiger partial charge in [0.05, 0.1) is 10.0 Å². The van der Waals surface area contributed by atoms with Crippen LogP contribution in [0.1, 0.15) is 32.3 Å². The molecule has 0 atom stereocenters. The summed E-state index contributed by atoms with van der Waals surface area (Å²) in [6.45, 7) is 6.67. The summed E-state index contributed by atoms with van der Waals surface area (Å²) in [7, 11) is 0. The Hall–Kier alpha value is -1.17. The van der Waals surface area contributed by atoms with Gasteiger partial charge in [0.1, 0.15) is 0 Å². The third kappa shape index (κ3) is 4.03. The number of hydrogen-bond acceptors (Lipinski definition) is 5. The lowest BCUT2D eigenvalue weighted by atomic mass is 9.83. The molecule has 0 radical (unpaired) electrons. The highest BCUT2D eigenvalue weighted by molar-refractivity contribution is 7.18. The van der Waals surface area contributed by atoms with Gasteiger partial charge in [-0.1, -0.05) is 60.5 Å². The molecule has 0 bridgehead atoms. The molecule has 0 saturated carbocycles. The normalized spacial score (nSPS) is 17.8. The van der Waals surface area contributed by atoms with Gasteiger partial charge in [0.25, 0.3) is 0 Å². The molecule has 2 aromatic rings. The summed E-state index contributed by atoms with van der Waals surface area (Å²) in [5, 5.41) is 11.0. The molecular weight excluding hydrogens is 351 g/mol. The average Bonchev–Trinajstić information content (AvgIpc) is 2.97. The Labute approximate surface area is 150 Å². The van der Waals surface area contributed by atoms with Gasteiger partial charge in [-0.2, -0.15) is 0 Å². The van der Waals surface area contributed by atoms with Crippen LogP contribution in [0.3, 0.4) is 0 Å². The number of rotatable bonds is 3. The molecular formula is C16H18Cl2N4S. The average molecular weight is 369 g/mol. The molecule has 1 aromatic heterocycles. The van der Waals surface area contributed by atoms with Gasteiger partial charge in [0.15, 0.2) is 0 Å². The van der Waals surface area contributed by atoms with Crippen LogP contribution in [0, 0.1) is 5.41 Å². The fourth-order valence-corrected chi connectivity index (χ4v) is 3.54. The van der Waals surface area contributed by atoms with Crippen LogP contribution in [0.2, 0.25) is 10.0 Å². The topological polar surface area (TPSA) is 41.4 Å². The van der Waals surface area contributed by atoms with Crippen molar-refractivity contribution in [2.45, 2.75) is 26.7 Å². The van der Waals surface area contributed by atoms with Crippen LogP contribution in [0.15, 0.2) is 23.2 Å². The lowest BCUT2D eigenvalue weighted by molar-refractivity contribution is 0.279. The minimum Gasteiger partial charge on any atom is -0.347 e. The van der Waals surface area contributed by atoms with Gasteiger partial charge < -0.3 is 4.90 Å². The van der Waals surface area contributed by atoms with E-state index in [9.17, 15) is 0 Å². The molecule has 3 rings (SSSR count). The number of nitrogens with zero attached hydrogens (tertiary/aromatic N) is 4. The van der Waals surface area contributed by atoms with Crippen molar-refractivity contribution in [3.05, 3.63) is 33.8 Å². The third-order valence-corrected chi connectivity index (χ3v) is 5.81. The summed E-state index contributed by atoms with van der Waals surface area (Å²) < 4.78 is 0. The highest BCUT2D eigenvalue weighted by Gasteiger charge is 2.26. The van der Waals surface area contributed by atoms with Crippen molar-refractivity contribution < 1.29 is 0 Å². The molecule has 1 aromatic carbocycles. The summed E-state index contributed by atoms with van der Waals surface area (Å²) in [5.74, 6) is 0. The Morgan fingerprint density at radius 3 is 2.70 bits per heavy atom. The Morgan fingerprint density at radius 1 is 1.22 bits per heavy atom. The van der Waals surface area contributed by atoms with Crippen LogP contribution >= 0.6 is 34.5 Å². The maximum absolute atomic E-state index is 6.15. The molecule has 1 fully saturated rings. The van der Waals surface area contributed by atoms with Crippen LogP contribution in [-0.2, 0) is 0 Å². The van der Waals surface area contributed by atoms with Crippen molar-refractivity contribution in [1.29, 1.82) is 0 Å². The van der Waals surface area contributed by atoms with E-state index in [1.54, 1.807) is 12.3 Å². The first-order chi connectivity index (χ1) is 10.9. The molecule has 7 heteroatoms.